The zero-order chi connectivity index (χ0) is 4.50. The van der Waals surface area contributed by atoms with Gasteiger partial charge in [0, 0.05) is 16.5 Å². The maximum atomic E-state index is 9.83. The van der Waals surface area contributed by atoms with Gasteiger partial charge in [-0.1, -0.05) is 0 Å². The SMILES string of the molecule is F[Si](F)(F)F.[Ni]. The smallest absolute Gasteiger partial charge is 0.211 e. The average Bonchev–Trinajstić information content (AvgIpc) is 0.722. The van der Waals surface area contributed by atoms with Crippen molar-refractivity contribution in [3.63, 3.8) is 0 Å². The van der Waals surface area contributed by atoms with Crippen LogP contribution < -0.4 is 0 Å². The van der Waals surface area contributed by atoms with E-state index < -0.39 is 9.41 Å². The Morgan fingerprint density at radius 2 is 0.833 bits per heavy atom. The predicted octanol–water partition coefficient (Wildman–Crippen LogP) is 1.30. The zero-order valence-electron chi connectivity index (χ0n) is 2.33. The van der Waals surface area contributed by atoms with Crippen LogP contribution in [-0.4, -0.2) is 9.41 Å². The maximum Gasteiger partial charge on any atom is 0.844 e. The molecule has 6 heavy (non-hydrogen) atoms. The molecule has 0 fully saturated rings. The molecule has 0 radical (unpaired) electrons. The van der Waals surface area contributed by atoms with Gasteiger partial charge in [-0.15, -0.1) is 0 Å². The number of hydrogen-bond acceptors (Lipinski definition) is 0. The molecule has 0 rings (SSSR count). The monoisotopic (exact) mass is 162 g/mol. The molecule has 0 aliphatic heterocycles. The third kappa shape index (κ3) is 281. The number of rotatable bonds is 0. The van der Waals surface area contributed by atoms with Gasteiger partial charge in [0.15, 0.2) is 0 Å². The van der Waals surface area contributed by atoms with Gasteiger partial charge in [0.05, 0.1) is 0 Å². The second-order valence-corrected chi connectivity index (χ2v) is 1.29. The van der Waals surface area contributed by atoms with Crippen LogP contribution in [0.3, 0.4) is 0 Å². The molecule has 42 valence electrons. The van der Waals surface area contributed by atoms with E-state index in [-0.39, 0.29) is 16.5 Å². The summed E-state index contributed by atoms with van der Waals surface area (Å²) in [5.41, 5.74) is 0. The van der Waals surface area contributed by atoms with Crippen LogP contribution in [0.1, 0.15) is 0 Å². The third-order valence-corrected chi connectivity index (χ3v) is 0. The zero-order valence-corrected chi connectivity index (χ0v) is 4.32. The second-order valence-electron chi connectivity index (χ2n) is 0.429. The van der Waals surface area contributed by atoms with Gasteiger partial charge in [-0.05, 0) is 0 Å². The van der Waals surface area contributed by atoms with E-state index in [1.54, 1.807) is 0 Å². The quantitative estimate of drug-likeness (QED) is 0.286. The van der Waals surface area contributed by atoms with Gasteiger partial charge in [0.2, 0.25) is 0 Å². The molecule has 0 bridgehead atoms. The Labute approximate surface area is 43.2 Å². The largest absolute Gasteiger partial charge is 0.844 e. The molecular weight excluding hydrogens is 163 g/mol. The van der Waals surface area contributed by atoms with Crippen LogP contribution in [0.4, 0.5) is 16.4 Å². The summed E-state index contributed by atoms with van der Waals surface area (Å²) in [6.07, 6.45) is 0. The fourth-order valence-electron chi connectivity index (χ4n) is 0. The topological polar surface area (TPSA) is 0 Å². The van der Waals surface area contributed by atoms with Gasteiger partial charge in [0.1, 0.15) is 0 Å². The van der Waals surface area contributed by atoms with Crippen molar-refractivity contribution in [3.8, 4) is 0 Å². The van der Waals surface area contributed by atoms with Crippen molar-refractivity contribution in [1.82, 2.24) is 0 Å². The summed E-state index contributed by atoms with van der Waals surface area (Å²) in [6, 6.07) is 0. The van der Waals surface area contributed by atoms with Crippen molar-refractivity contribution < 1.29 is 32.9 Å². The Kier molecular flexibility index (Phi) is 4.15. The van der Waals surface area contributed by atoms with Crippen LogP contribution in [0.2, 0.25) is 0 Å². The minimum Gasteiger partial charge on any atom is -0.211 e. The summed E-state index contributed by atoms with van der Waals surface area (Å²) in [5, 5.41) is 0. The molecule has 0 aliphatic carbocycles. The van der Waals surface area contributed by atoms with E-state index in [4.69, 9.17) is 0 Å². The molecule has 0 aliphatic rings. The van der Waals surface area contributed by atoms with Gasteiger partial charge < -0.3 is 0 Å². The van der Waals surface area contributed by atoms with Gasteiger partial charge in [0.25, 0.3) is 0 Å². The Morgan fingerprint density at radius 3 is 0.833 bits per heavy atom. The van der Waals surface area contributed by atoms with Crippen LogP contribution in [0, 0.1) is 0 Å². The first-order chi connectivity index (χ1) is 2.00. The second kappa shape index (κ2) is 2.58. The van der Waals surface area contributed by atoms with Gasteiger partial charge in [-0.2, -0.15) is 0 Å². The molecule has 0 aromatic heterocycles. The van der Waals surface area contributed by atoms with Crippen molar-refractivity contribution in [2.75, 3.05) is 0 Å². The van der Waals surface area contributed by atoms with E-state index in [9.17, 15) is 16.4 Å². The average molecular weight is 163 g/mol. The fourth-order valence-corrected chi connectivity index (χ4v) is 0. The van der Waals surface area contributed by atoms with Gasteiger partial charge in [-0.25, -0.2) is 16.4 Å². The van der Waals surface area contributed by atoms with Gasteiger partial charge >= 0.3 is 9.41 Å². The summed E-state index contributed by atoms with van der Waals surface area (Å²) >= 11 is 0. The molecule has 0 nitrogen and oxygen atoms in total. The molecule has 0 spiro atoms. The third-order valence-electron chi connectivity index (χ3n) is 0. The summed E-state index contributed by atoms with van der Waals surface area (Å²) < 4.78 is 39.3. The van der Waals surface area contributed by atoms with Crippen LogP contribution in [0.25, 0.3) is 0 Å². The normalized spacial score (nSPS) is 10.0. The molecule has 0 N–H and O–H groups in total. The minimum atomic E-state index is -6.61. The fraction of sp³-hybridized carbons (Fsp3) is 0. The summed E-state index contributed by atoms with van der Waals surface area (Å²) in [5.74, 6) is 0. The molecule has 0 heterocycles. The van der Waals surface area contributed by atoms with Crippen LogP contribution >= 0.6 is 0 Å². The first-order valence-electron chi connectivity index (χ1n) is 0.756. The standard InChI is InChI=1S/F4Si.Ni/c1-5(2,3)4;. The maximum absolute atomic E-state index is 9.83. The molecular formula is F4NiSi. The first-order valence-corrected chi connectivity index (χ1v) is 2.27. The van der Waals surface area contributed by atoms with Crippen molar-refractivity contribution in [1.29, 1.82) is 0 Å². The summed E-state index contributed by atoms with van der Waals surface area (Å²) in [4.78, 5) is 0. The van der Waals surface area contributed by atoms with E-state index in [0.717, 1.165) is 0 Å². The predicted molar refractivity (Wildman–Crippen MR) is 10.2 cm³/mol. The number of halogens is 4. The summed E-state index contributed by atoms with van der Waals surface area (Å²) in [7, 11) is -6.61. The van der Waals surface area contributed by atoms with Crippen molar-refractivity contribution in [2.45, 2.75) is 0 Å². The molecule has 0 amide bonds. The van der Waals surface area contributed by atoms with Crippen LogP contribution in [0.15, 0.2) is 0 Å². The molecule has 0 saturated heterocycles. The van der Waals surface area contributed by atoms with E-state index in [1.807, 2.05) is 0 Å². The Balaban J connectivity index is 0. The Bertz CT molecular complexity index is 23.0. The molecule has 0 unspecified atom stereocenters. The molecule has 6 heteroatoms. The van der Waals surface area contributed by atoms with Crippen molar-refractivity contribution in [2.24, 2.45) is 0 Å². The van der Waals surface area contributed by atoms with Crippen LogP contribution in [-0.2, 0) is 16.5 Å². The Hall–Kier alpha value is 0.430. The van der Waals surface area contributed by atoms with E-state index in [0.29, 0.717) is 0 Å². The first kappa shape index (κ1) is 9.66. The van der Waals surface area contributed by atoms with Crippen molar-refractivity contribution >= 4 is 9.41 Å². The van der Waals surface area contributed by atoms with E-state index in [1.165, 1.54) is 0 Å². The van der Waals surface area contributed by atoms with E-state index >= 15 is 0 Å². The van der Waals surface area contributed by atoms with E-state index in [2.05, 4.69) is 0 Å². The van der Waals surface area contributed by atoms with Crippen LogP contribution in [0.5, 0.6) is 0 Å². The summed E-state index contributed by atoms with van der Waals surface area (Å²) in [6.45, 7) is 0. The molecule has 0 aromatic carbocycles. The minimum absolute atomic E-state index is 0. The number of hydrogen-bond donors (Lipinski definition) is 0. The molecule has 0 aromatic rings. The molecule has 0 saturated carbocycles. The Morgan fingerprint density at radius 1 is 0.833 bits per heavy atom. The van der Waals surface area contributed by atoms with Crippen molar-refractivity contribution in [3.05, 3.63) is 0 Å². The van der Waals surface area contributed by atoms with Gasteiger partial charge in [-0.3, -0.25) is 0 Å². The molecule has 0 atom stereocenters.